The van der Waals surface area contributed by atoms with Gasteiger partial charge >= 0.3 is 0 Å². The topological polar surface area (TPSA) is 69.0 Å². The number of para-hydroxylation sites is 1. The van der Waals surface area contributed by atoms with E-state index in [2.05, 4.69) is 15.4 Å². The minimum absolute atomic E-state index is 0.0395. The first-order valence-corrected chi connectivity index (χ1v) is 10.3. The number of carbonyl (C=O) groups is 1. The maximum atomic E-state index is 14.3. The van der Waals surface area contributed by atoms with E-state index < -0.39 is 17.5 Å². The van der Waals surface area contributed by atoms with Crippen LogP contribution in [0.4, 0.5) is 13.9 Å². The Morgan fingerprint density at radius 2 is 2.00 bits per heavy atom. The number of nitrogens with one attached hydrogen (secondary N) is 1. The van der Waals surface area contributed by atoms with Crippen molar-refractivity contribution in [2.45, 2.75) is 6.92 Å². The predicted octanol–water partition coefficient (Wildman–Crippen LogP) is 5.14. The minimum Gasteiger partial charge on any atom is -0.493 e. The van der Waals surface area contributed by atoms with Gasteiger partial charge in [-0.2, -0.15) is 5.10 Å². The fraction of sp³-hybridized carbons (Fsp3) is 0.136. The normalized spacial score (nSPS) is 10.8. The highest BCUT2D eigenvalue weighted by Gasteiger charge is 2.21. The van der Waals surface area contributed by atoms with Gasteiger partial charge in [-0.15, -0.1) is 11.3 Å². The van der Waals surface area contributed by atoms with Crippen LogP contribution in [0.25, 0.3) is 22.5 Å². The Hall–Kier alpha value is -3.59. The number of ether oxygens (including phenoxy) is 1. The monoisotopic (exact) mass is 440 g/mol. The van der Waals surface area contributed by atoms with Crippen molar-refractivity contribution in [2.24, 2.45) is 7.05 Å². The summed E-state index contributed by atoms with van der Waals surface area (Å²) < 4.78 is 34.6. The van der Waals surface area contributed by atoms with Gasteiger partial charge in [0.05, 0.1) is 17.9 Å². The van der Waals surface area contributed by atoms with Crippen molar-refractivity contribution < 1.29 is 18.3 Å². The van der Waals surface area contributed by atoms with Crippen molar-refractivity contribution in [2.75, 3.05) is 11.9 Å². The molecule has 0 spiro atoms. The van der Waals surface area contributed by atoms with Gasteiger partial charge in [0, 0.05) is 35.8 Å². The van der Waals surface area contributed by atoms with Gasteiger partial charge in [0.25, 0.3) is 5.91 Å². The lowest BCUT2D eigenvalue weighted by atomic mass is 10.1. The summed E-state index contributed by atoms with van der Waals surface area (Å²) in [5.74, 6) is -1.29. The van der Waals surface area contributed by atoms with Gasteiger partial charge in [0.2, 0.25) is 0 Å². The van der Waals surface area contributed by atoms with Crippen molar-refractivity contribution in [3.05, 3.63) is 71.2 Å². The number of carbonyl (C=O) groups excluding carboxylic acids is 1. The van der Waals surface area contributed by atoms with Gasteiger partial charge in [-0.3, -0.25) is 14.8 Å². The van der Waals surface area contributed by atoms with Crippen molar-refractivity contribution in [3.63, 3.8) is 0 Å². The van der Waals surface area contributed by atoms with Crippen molar-refractivity contribution in [1.29, 1.82) is 0 Å². The van der Waals surface area contributed by atoms with E-state index >= 15 is 0 Å². The van der Waals surface area contributed by atoms with Crippen LogP contribution in [0, 0.1) is 11.6 Å². The zero-order chi connectivity index (χ0) is 22.0. The largest absolute Gasteiger partial charge is 0.493 e. The molecule has 6 nitrogen and oxygen atoms in total. The lowest BCUT2D eigenvalue weighted by Gasteiger charge is -2.07. The summed E-state index contributed by atoms with van der Waals surface area (Å²) in [6, 6.07) is 10.6. The van der Waals surface area contributed by atoms with Crippen LogP contribution in [-0.2, 0) is 7.05 Å². The molecule has 4 aromatic rings. The lowest BCUT2D eigenvalue weighted by Crippen LogP contribution is -2.12. The number of hydrogen-bond acceptors (Lipinski definition) is 5. The highest BCUT2D eigenvalue weighted by atomic mass is 32.1. The zero-order valence-electron chi connectivity index (χ0n) is 16.7. The molecule has 0 atom stereocenters. The third-order valence-corrected chi connectivity index (χ3v) is 5.20. The van der Waals surface area contributed by atoms with Gasteiger partial charge in [0.1, 0.15) is 23.1 Å². The average molecular weight is 440 g/mol. The second kappa shape index (κ2) is 8.65. The Kier molecular flexibility index (Phi) is 5.77. The zero-order valence-corrected chi connectivity index (χ0v) is 17.5. The fourth-order valence-electron chi connectivity index (χ4n) is 3.11. The van der Waals surface area contributed by atoms with E-state index in [4.69, 9.17) is 4.74 Å². The quantitative estimate of drug-likeness (QED) is 0.451. The van der Waals surface area contributed by atoms with Crippen LogP contribution in [0.2, 0.25) is 0 Å². The molecule has 0 radical (unpaired) electrons. The van der Waals surface area contributed by atoms with Crippen LogP contribution in [0.3, 0.4) is 0 Å². The van der Waals surface area contributed by atoms with Crippen LogP contribution in [0.1, 0.15) is 17.3 Å². The molecule has 0 fully saturated rings. The molecule has 4 rings (SSSR count). The number of nitrogens with zero attached hydrogens (tertiary/aromatic N) is 3. The number of aromatic nitrogens is 3. The maximum absolute atomic E-state index is 14.3. The molecule has 2 heterocycles. The molecule has 9 heteroatoms. The van der Waals surface area contributed by atoms with Gasteiger partial charge in [-0.25, -0.2) is 13.8 Å². The van der Waals surface area contributed by atoms with E-state index in [0.717, 1.165) is 17.7 Å². The summed E-state index contributed by atoms with van der Waals surface area (Å²) in [6.45, 7) is 2.42. The molecule has 1 N–H and O–H groups in total. The molecule has 2 aromatic heterocycles. The summed E-state index contributed by atoms with van der Waals surface area (Å²) in [7, 11) is 1.62. The number of benzene rings is 2. The number of anilines is 1. The van der Waals surface area contributed by atoms with Crippen LogP contribution in [0.15, 0.2) is 54.0 Å². The number of rotatable bonds is 6. The summed E-state index contributed by atoms with van der Waals surface area (Å²) in [5, 5.41) is 9.10. The summed E-state index contributed by atoms with van der Waals surface area (Å²) >= 11 is 1.26. The Morgan fingerprint density at radius 3 is 2.77 bits per heavy atom. The molecule has 0 aliphatic carbocycles. The van der Waals surface area contributed by atoms with Crippen molar-refractivity contribution >= 4 is 22.4 Å². The third kappa shape index (κ3) is 4.31. The smallest absolute Gasteiger partial charge is 0.261 e. The Balaban J connectivity index is 1.61. The van der Waals surface area contributed by atoms with Gasteiger partial charge in [-0.1, -0.05) is 12.1 Å². The van der Waals surface area contributed by atoms with Crippen LogP contribution in [0.5, 0.6) is 5.75 Å². The molecule has 0 aliphatic rings. The van der Waals surface area contributed by atoms with Crippen molar-refractivity contribution in [3.8, 4) is 28.3 Å². The first kappa shape index (κ1) is 20.7. The van der Waals surface area contributed by atoms with E-state index in [9.17, 15) is 13.6 Å². The average Bonchev–Trinajstić information content (AvgIpc) is 3.35. The molecule has 0 aliphatic heterocycles. The van der Waals surface area contributed by atoms with Crippen LogP contribution in [-0.4, -0.2) is 27.3 Å². The summed E-state index contributed by atoms with van der Waals surface area (Å²) in [4.78, 5) is 17.4. The Bertz CT molecular complexity index is 1250. The SMILES string of the molecule is CCOc1ccccc1-c1csc(NC(=O)c2cn(C)nc2-c2ccc(F)cc2F)n1. The maximum Gasteiger partial charge on any atom is 0.261 e. The molecule has 1 amide bonds. The van der Waals surface area contributed by atoms with E-state index in [-0.39, 0.29) is 16.8 Å². The van der Waals surface area contributed by atoms with Gasteiger partial charge < -0.3 is 4.74 Å². The first-order valence-electron chi connectivity index (χ1n) is 9.44. The molecular weight excluding hydrogens is 422 g/mol. The third-order valence-electron chi connectivity index (χ3n) is 4.45. The minimum atomic E-state index is -0.795. The van der Waals surface area contributed by atoms with Gasteiger partial charge in [0.15, 0.2) is 5.13 Å². The molecule has 2 aromatic carbocycles. The van der Waals surface area contributed by atoms with E-state index in [1.54, 1.807) is 7.05 Å². The second-order valence-corrected chi connectivity index (χ2v) is 7.47. The highest BCUT2D eigenvalue weighted by Crippen LogP contribution is 2.33. The molecule has 158 valence electrons. The van der Waals surface area contributed by atoms with Gasteiger partial charge in [-0.05, 0) is 31.2 Å². The van der Waals surface area contributed by atoms with Crippen LogP contribution >= 0.6 is 11.3 Å². The number of hydrogen-bond donors (Lipinski definition) is 1. The van der Waals surface area contributed by atoms with E-state index in [1.807, 2.05) is 36.6 Å². The molecule has 0 saturated heterocycles. The summed E-state index contributed by atoms with van der Waals surface area (Å²) in [5.41, 5.74) is 1.80. The molecule has 0 bridgehead atoms. The molecular formula is C22H18F2N4O2S. The standard InChI is InChI=1S/C22H18F2N4O2S/c1-3-30-19-7-5-4-6-15(19)18-12-31-22(25-18)26-21(29)16-11-28(2)27-20(16)14-9-8-13(23)10-17(14)24/h4-12H,3H2,1-2H3,(H,25,26,29). The lowest BCUT2D eigenvalue weighted by molar-refractivity contribution is 0.102. The Morgan fingerprint density at radius 1 is 1.19 bits per heavy atom. The molecule has 0 saturated carbocycles. The number of aryl methyl sites for hydroxylation is 1. The van der Waals surface area contributed by atoms with E-state index in [1.165, 1.54) is 28.3 Å². The van der Waals surface area contributed by atoms with Crippen molar-refractivity contribution in [1.82, 2.24) is 14.8 Å². The fourth-order valence-corrected chi connectivity index (χ4v) is 3.82. The van der Waals surface area contributed by atoms with Crippen LogP contribution < -0.4 is 10.1 Å². The number of amides is 1. The number of halogens is 2. The summed E-state index contributed by atoms with van der Waals surface area (Å²) in [6.07, 6.45) is 1.48. The van der Waals surface area contributed by atoms with E-state index in [0.29, 0.717) is 23.2 Å². The Labute approximate surface area is 181 Å². The molecule has 31 heavy (non-hydrogen) atoms. The second-order valence-electron chi connectivity index (χ2n) is 6.61. The number of thiazole rings is 1. The highest BCUT2D eigenvalue weighted by molar-refractivity contribution is 7.14. The first-order chi connectivity index (χ1) is 15.0. The predicted molar refractivity (Wildman–Crippen MR) is 115 cm³/mol. The molecule has 0 unspecified atom stereocenters.